The summed E-state index contributed by atoms with van der Waals surface area (Å²) in [5, 5.41) is 30.9. The second-order valence-electron chi connectivity index (χ2n) is 5.08. The van der Waals surface area contributed by atoms with Crippen LogP contribution in [0.3, 0.4) is 0 Å². The third kappa shape index (κ3) is 4.74. The third-order valence-electron chi connectivity index (χ3n) is 3.13. The minimum atomic E-state index is -0.551. The van der Waals surface area contributed by atoms with E-state index in [9.17, 15) is 15.3 Å². The number of aliphatic hydroxyl groups excluding tert-OH is 3. The van der Waals surface area contributed by atoms with Crippen LogP contribution in [0.4, 0.5) is 0 Å². The molecule has 0 aliphatic rings. The molecule has 0 heterocycles. The molecule has 0 saturated carbocycles. The molecule has 0 aliphatic heterocycles. The molecule has 1 aromatic rings. The minimum absolute atomic E-state index is 0.0296. The summed E-state index contributed by atoms with van der Waals surface area (Å²) in [6, 6.07) is 9.86. The molecule has 4 N–H and O–H groups in total. The van der Waals surface area contributed by atoms with Crippen LogP contribution in [0.15, 0.2) is 30.3 Å². The van der Waals surface area contributed by atoms with Gasteiger partial charge in [-0.3, -0.25) is 0 Å². The van der Waals surface area contributed by atoms with Gasteiger partial charge in [-0.05, 0) is 12.0 Å². The van der Waals surface area contributed by atoms with E-state index in [1.54, 1.807) is 6.92 Å². The Morgan fingerprint density at radius 1 is 1.11 bits per heavy atom. The Balaban J connectivity index is 2.48. The maximum Gasteiger partial charge on any atom is 0.0587 e. The first kappa shape index (κ1) is 15.1. The molecule has 1 atom stereocenters. The summed E-state index contributed by atoms with van der Waals surface area (Å²) in [6.45, 7) is 2.14. The van der Waals surface area contributed by atoms with E-state index in [-0.39, 0.29) is 25.9 Å². The molecule has 4 heteroatoms. The Morgan fingerprint density at radius 3 is 2.22 bits per heavy atom. The third-order valence-corrected chi connectivity index (χ3v) is 3.13. The monoisotopic (exact) mass is 253 g/mol. The summed E-state index contributed by atoms with van der Waals surface area (Å²) in [4.78, 5) is 0. The SMILES string of the molecule is CC(CO)(CO)CNC(CO)Cc1ccccc1. The molecular formula is C14H23NO3. The molecule has 4 nitrogen and oxygen atoms in total. The first-order valence-corrected chi connectivity index (χ1v) is 6.23. The maximum absolute atomic E-state index is 9.34. The molecule has 0 saturated heterocycles. The van der Waals surface area contributed by atoms with E-state index in [0.717, 1.165) is 12.0 Å². The summed E-state index contributed by atoms with van der Waals surface area (Å²) in [5.41, 5.74) is 0.600. The summed E-state index contributed by atoms with van der Waals surface area (Å²) in [5.74, 6) is 0. The van der Waals surface area contributed by atoms with Crippen LogP contribution in [-0.2, 0) is 6.42 Å². The number of aliphatic hydroxyl groups is 3. The number of hydrogen-bond donors (Lipinski definition) is 4. The van der Waals surface area contributed by atoms with Gasteiger partial charge in [-0.2, -0.15) is 0 Å². The van der Waals surface area contributed by atoms with Crippen LogP contribution >= 0.6 is 0 Å². The van der Waals surface area contributed by atoms with E-state index < -0.39 is 5.41 Å². The summed E-state index contributed by atoms with van der Waals surface area (Å²) < 4.78 is 0. The lowest BCUT2D eigenvalue weighted by Crippen LogP contribution is -2.44. The summed E-state index contributed by atoms with van der Waals surface area (Å²) in [6.07, 6.45) is 0.726. The van der Waals surface area contributed by atoms with Gasteiger partial charge < -0.3 is 20.6 Å². The van der Waals surface area contributed by atoms with Gasteiger partial charge in [-0.1, -0.05) is 37.3 Å². The molecule has 1 aromatic carbocycles. The van der Waals surface area contributed by atoms with Crippen molar-refractivity contribution >= 4 is 0 Å². The predicted octanol–water partition coefficient (Wildman–Crippen LogP) is 0.171. The average molecular weight is 253 g/mol. The van der Waals surface area contributed by atoms with Crippen molar-refractivity contribution in [2.24, 2.45) is 5.41 Å². The normalized spacial score (nSPS) is 13.6. The fraction of sp³-hybridized carbons (Fsp3) is 0.571. The Kier molecular flexibility index (Phi) is 6.29. The number of benzene rings is 1. The highest BCUT2D eigenvalue weighted by molar-refractivity contribution is 5.15. The first-order valence-electron chi connectivity index (χ1n) is 6.23. The Bertz CT molecular complexity index is 325. The lowest BCUT2D eigenvalue weighted by atomic mass is 9.92. The standard InChI is InChI=1S/C14H23NO3/c1-14(10-17,11-18)9-15-13(8-16)7-12-5-3-2-4-6-12/h2-6,13,15-18H,7-11H2,1H3. The van der Waals surface area contributed by atoms with Gasteiger partial charge >= 0.3 is 0 Å². The average Bonchev–Trinajstić information content (AvgIpc) is 2.44. The molecule has 0 spiro atoms. The van der Waals surface area contributed by atoms with Gasteiger partial charge in [-0.25, -0.2) is 0 Å². The predicted molar refractivity (Wildman–Crippen MR) is 71.3 cm³/mol. The van der Waals surface area contributed by atoms with Crippen molar-refractivity contribution in [3.8, 4) is 0 Å². The molecule has 1 unspecified atom stereocenters. The van der Waals surface area contributed by atoms with Crippen LogP contribution in [0.5, 0.6) is 0 Å². The molecular weight excluding hydrogens is 230 g/mol. The highest BCUT2D eigenvalue weighted by Gasteiger charge is 2.23. The van der Waals surface area contributed by atoms with E-state index in [2.05, 4.69) is 5.32 Å². The van der Waals surface area contributed by atoms with Crippen LogP contribution in [0, 0.1) is 5.41 Å². The molecule has 0 fully saturated rings. The van der Waals surface area contributed by atoms with Crippen molar-refractivity contribution in [3.05, 3.63) is 35.9 Å². The second kappa shape index (κ2) is 7.48. The topological polar surface area (TPSA) is 72.7 Å². The van der Waals surface area contributed by atoms with Gasteiger partial charge in [0.05, 0.1) is 19.8 Å². The van der Waals surface area contributed by atoms with E-state index >= 15 is 0 Å². The lowest BCUT2D eigenvalue weighted by Gasteiger charge is -2.27. The van der Waals surface area contributed by atoms with Crippen LogP contribution in [0.25, 0.3) is 0 Å². The van der Waals surface area contributed by atoms with E-state index in [1.165, 1.54) is 0 Å². The molecule has 0 radical (unpaired) electrons. The molecule has 1 rings (SSSR count). The zero-order valence-corrected chi connectivity index (χ0v) is 10.8. The van der Waals surface area contributed by atoms with Crippen molar-refractivity contribution in [2.45, 2.75) is 19.4 Å². The minimum Gasteiger partial charge on any atom is -0.396 e. The van der Waals surface area contributed by atoms with Crippen LogP contribution in [0.2, 0.25) is 0 Å². The Morgan fingerprint density at radius 2 is 1.72 bits per heavy atom. The quantitative estimate of drug-likeness (QED) is 0.533. The molecule has 0 aromatic heterocycles. The van der Waals surface area contributed by atoms with Crippen molar-refractivity contribution < 1.29 is 15.3 Å². The zero-order valence-electron chi connectivity index (χ0n) is 10.8. The van der Waals surface area contributed by atoms with Crippen molar-refractivity contribution in [3.63, 3.8) is 0 Å². The van der Waals surface area contributed by atoms with Crippen LogP contribution < -0.4 is 5.32 Å². The fourth-order valence-electron chi connectivity index (χ4n) is 1.65. The Labute approximate surface area is 108 Å². The highest BCUT2D eigenvalue weighted by Crippen LogP contribution is 2.13. The number of rotatable bonds is 8. The van der Waals surface area contributed by atoms with E-state index in [4.69, 9.17) is 0 Å². The van der Waals surface area contributed by atoms with E-state index in [0.29, 0.717) is 6.54 Å². The smallest absolute Gasteiger partial charge is 0.0587 e. The molecule has 18 heavy (non-hydrogen) atoms. The highest BCUT2D eigenvalue weighted by atomic mass is 16.3. The molecule has 0 amide bonds. The van der Waals surface area contributed by atoms with Gasteiger partial charge in [-0.15, -0.1) is 0 Å². The van der Waals surface area contributed by atoms with Gasteiger partial charge in [0, 0.05) is 18.0 Å². The van der Waals surface area contributed by atoms with Crippen molar-refractivity contribution in [1.29, 1.82) is 0 Å². The molecule has 102 valence electrons. The van der Waals surface area contributed by atoms with Crippen molar-refractivity contribution in [2.75, 3.05) is 26.4 Å². The first-order chi connectivity index (χ1) is 8.63. The van der Waals surface area contributed by atoms with Gasteiger partial charge in [0.15, 0.2) is 0 Å². The molecule has 0 bridgehead atoms. The number of nitrogens with one attached hydrogen (secondary N) is 1. The zero-order chi connectivity index (χ0) is 13.4. The van der Waals surface area contributed by atoms with Gasteiger partial charge in [0.2, 0.25) is 0 Å². The summed E-state index contributed by atoms with van der Waals surface area (Å²) >= 11 is 0. The van der Waals surface area contributed by atoms with Gasteiger partial charge in [0.25, 0.3) is 0 Å². The number of hydrogen-bond acceptors (Lipinski definition) is 4. The fourth-order valence-corrected chi connectivity index (χ4v) is 1.65. The van der Waals surface area contributed by atoms with Crippen LogP contribution in [-0.4, -0.2) is 47.7 Å². The van der Waals surface area contributed by atoms with Crippen molar-refractivity contribution in [1.82, 2.24) is 5.32 Å². The lowest BCUT2D eigenvalue weighted by molar-refractivity contribution is 0.0647. The second-order valence-corrected chi connectivity index (χ2v) is 5.08. The molecule has 0 aliphatic carbocycles. The summed E-state index contributed by atoms with van der Waals surface area (Å²) in [7, 11) is 0. The van der Waals surface area contributed by atoms with Gasteiger partial charge in [0.1, 0.15) is 0 Å². The van der Waals surface area contributed by atoms with E-state index in [1.807, 2.05) is 30.3 Å². The Hall–Kier alpha value is -0.940. The largest absolute Gasteiger partial charge is 0.396 e. The maximum atomic E-state index is 9.34. The van der Waals surface area contributed by atoms with Crippen LogP contribution in [0.1, 0.15) is 12.5 Å².